The lowest BCUT2D eigenvalue weighted by Crippen LogP contribution is -2.33. The third kappa shape index (κ3) is 15.1. The zero-order chi connectivity index (χ0) is 36.1. The first-order valence-corrected chi connectivity index (χ1v) is 20.2. The van der Waals surface area contributed by atoms with Crippen molar-refractivity contribution >= 4 is 29.4 Å². The average Bonchev–Trinajstić information content (AvgIpc) is 3.48. The van der Waals surface area contributed by atoms with Crippen molar-refractivity contribution in [1.29, 1.82) is 0 Å². The zero-order valence-electron chi connectivity index (χ0n) is 27.2. The van der Waals surface area contributed by atoms with Crippen LogP contribution in [0.15, 0.2) is 52.2 Å². The van der Waals surface area contributed by atoms with Crippen LogP contribution in [-0.4, -0.2) is 42.9 Å². The number of hydrogen-bond donors (Lipinski definition) is 4. The molecule has 0 spiro atoms. The Morgan fingerprint density at radius 3 is 2.08 bits per heavy atom. The SMILES string of the molecule is CCCCCCCCCCCC(=O)Oc1ccc(COP(=O)(O)OP(=O)(O)OP(=O)(O)OC[C@@H]2C=C[C@H](n3cc(C)c(=O)[nH]c3=O)O2)cc1. The van der Waals surface area contributed by atoms with Gasteiger partial charge in [-0.1, -0.05) is 76.5 Å². The first kappa shape index (κ1) is 40.9. The van der Waals surface area contributed by atoms with E-state index in [0.29, 0.717) is 5.56 Å². The van der Waals surface area contributed by atoms with E-state index in [1.807, 2.05) is 0 Å². The van der Waals surface area contributed by atoms with Crippen LogP contribution in [0.5, 0.6) is 5.75 Å². The summed E-state index contributed by atoms with van der Waals surface area (Å²) in [6.07, 6.45) is 12.3. The Morgan fingerprint density at radius 1 is 0.857 bits per heavy atom. The van der Waals surface area contributed by atoms with Crippen molar-refractivity contribution in [3.05, 3.63) is 74.6 Å². The number of aryl methyl sites for hydroxylation is 1. The molecule has 3 rings (SSSR count). The van der Waals surface area contributed by atoms with Gasteiger partial charge in [-0.05, 0) is 37.1 Å². The Kier molecular flexibility index (Phi) is 16.0. The van der Waals surface area contributed by atoms with E-state index in [2.05, 4.69) is 25.1 Å². The lowest BCUT2D eigenvalue weighted by atomic mass is 10.1. The van der Waals surface area contributed by atoms with Crippen molar-refractivity contribution in [3.8, 4) is 5.75 Å². The molecule has 20 heteroatoms. The summed E-state index contributed by atoms with van der Waals surface area (Å²) in [5, 5.41) is 0. The summed E-state index contributed by atoms with van der Waals surface area (Å²) in [6.45, 7) is 2.34. The summed E-state index contributed by atoms with van der Waals surface area (Å²) in [5.41, 5.74) is -0.829. The highest BCUT2D eigenvalue weighted by Gasteiger charge is 2.42. The number of unbranched alkanes of at least 4 members (excludes halogenated alkanes) is 8. The number of esters is 1. The molecule has 1 aromatic carbocycles. The van der Waals surface area contributed by atoms with Crippen LogP contribution in [0.2, 0.25) is 0 Å². The molecule has 4 N–H and O–H groups in total. The van der Waals surface area contributed by atoms with Crippen molar-refractivity contribution < 1.29 is 60.3 Å². The van der Waals surface area contributed by atoms with Crippen LogP contribution in [0.1, 0.15) is 88.5 Å². The third-order valence-corrected chi connectivity index (χ3v) is 11.3. The van der Waals surface area contributed by atoms with Gasteiger partial charge in [-0.2, -0.15) is 8.62 Å². The maximum atomic E-state index is 12.3. The van der Waals surface area contributed by atoms with Crippen LogP contribution < -0.4 is 16.0 Å². The molecule has 0 saturated carbocycles. The number of H-pyrrole nitrogens is 1. The molecule has 2 aromatic rings. The minimum absolute atomic E-state index is 0.226. The Labute approximate surface area is 283 Å². The maximum absolute atomic E-state index is 12.3. The average molecular weight is 753 g/mol. The summed E-state index contributed by atoms with van der Waals surface area (Å²) in [6, 6.07) is 5.71. The molecule has 0 amide bonds. The number of aromatic nitrogens is 2. The van der Waals surface area contributed by atoms with Gasteiger partial charge in [-0.25, -0.2) is 18.5 Å². The first-order valence-electron chi connectivity index (χ1n) is 15.7. The fraction of sp³-hybridized carbons (Fsp3) is 0.552. The summed E-state index contributed by atoms with van der Waals surface area (Å²) >= 11 is 0. The van der Waals surface area contributed by atoms with Crippen LogP contribution in [0.25, 0.3) is 0 Å². The van der Waals surface area contributed by atoms with Gasteiger partial charge in [0.15, 0.2) is 6.23 Å². The van der Waals surface area contributed by atoms with E-state index in [-0.39, 0.29) is 17.7 Å². The molecular formula is C29H43N2O15P3. The van der Waals surface area contributed by atoms with Crippen LogP contribution in [0.4, 0.5) is 0 Å². The number of ether oxygens (including phenoxy) is 2. The van der Waals surface area contributed by atoms with Gasteiger partial charge < -0.3 is 24.2 Å². The first-order chi connectivity index (χ1) is 23.1. The molecule has 0 bridgehead atoms. The number of phosphoric acid groups is 3. The number of phosphoric ester groups is 2. The number of rotatable bonds is 22. The number of nitrogens with one attached hydrogen (secondary N) is 1. The van der Waals surface area contributed by atoms with Crippen LogP contribution in [0.3, 0.4) is 0 Å². The predicted molar refractivity (Wildman–Crippen MR) is 175 cm³/mol. The molecule has 0 radical (unpaired) electrons. The fourth-order valence-corrected chi connectivity index (χ4v) is 8.08. The minimum atomic E-state index is -5.71. The lowest BCUT2D eigenvalue weighted by molar-refractivity contribution is -0.134. The molecule has 17 nitrogen and oxygen atoms in total. The van der Waals surface area contributed by atoms with E-state index in [1.54, 1.807) is 0 Å². The van der Waals surface area contributed by atoms with Crippen molar-refractivity contribution in [3.63, 3.8) is 0 Å². The molecular weight excluding hydrogens is 709 g/mol. The fourth-order valence-electron chi connectivity index (χ4n) is 4.58. The van der Waals surface area contributed by atoms with Crippen LogP contribution >= 0.6 is 23.5 Å². The molecule has 274 valence electrons. The Balaban J connectivity index is 1.37. The normalized spacial score (nSPS) is 19.6. The van der Waals surface area contributed by atoms with E-state index in [0.717, 1.165) is 30.3 Å². The molecule has 0 saturated heterocycles. The molecule has 2 heterocycles. The quantitative estimate of drug-likeness (QED) is 0.0371. The summed E-state index contributed by atoms with van der Waals surface area (Å²) < 4.78 is 66.2. The van der Waals surface area contributed by atoms with Gasteiger partial charge in [-0.3, -0.25) is 28.2 Å². The van der Waals surface area contributed by atoms with Crippen LogP contribution in [-0.2, 0) is 47.5 Å². The van der Waals surface area contributed by atoms with Gasteiger partial charge in [0.2, 0.25) is 0 Å². The second kappa shape index (κ2) is 19.2. The highest BCUT2D eigenvalue weighted by molar-refractivity contribution is 7.66. The van der Waals surface area contributed by atoms with Crippen molar-refractivity contribution in [2.45, 2.75) is 97.0 Å². The Morgan fingerprint density at radius 2 is 1.45 bits per heavy atom. The summed E-state index contributed by atoms with van der Waals surface area (Å²) in [4.78, 5) is 67.5. The minimum Gasteiger partial charge on any atom is -0.427 e. The largest absolute Gasteiger partial charge is 0.490 e. The van der Waals surface area contributed by atoms with Gasteiger partial charge in [0.25, 0.3) is 5.56 Å². The number of aromatic amines is 1. The highest BCUT2D eigenvalue weighted by Crippen LogP contribution is 2.67. The molecule has 1 aliphatic rings. The van der Waals surface area contributed by atoms with E-state index in [1.165, 1.54) is 81.6 Å². The zero-order valence-corrected chi connectivity index (χ0v) is 29.9. The number of carbonyl (C=O) groups is 1. The molecule has 0 fully saturated rings. The van der Waals surface area contributed by atoms with Gasteiger partial charge in [-0.15, -0.1) is 0 Å². The number of nitrogens with zero attached hydrogens (tertiary/aromatic N) is 1. The van der Waals surface area contributed by atoms with Gasteiger partial charge in [0.1, 0.15) is 11.9 Å². The molecule has 3 unspecified atom stereocenters. The Hall–Kier alpha value is -2.52. The number of carbonyl (C=O) groups excluding carboxylic acids is 1. The highest BCUT2D eigenvalue weighted by atomic mass is 31.3. The van der Waals surface area contributed by atoms with E-state index in [4.69, 9.17) is 14.0 Å². The van der Waals surface area contributed by atoms with Crippen molar-refractivity contribution in [2.75, 3.05) is 6.61 Å². The summed E-state index contributed by atoms with van der Waals surface area (Å²) in [7, 11) is -16.4. The van der Waals surface area contributed by atoms with Crippen molar-refractivity contribution in [1.82, 2.24) is 9.55 Å². The Bertz CT molecular complexity index is 1670. The third-order valence-electron chi connectivity index (χ3n) is 7.07. The second-order valence-electron chi connectivity index (χ2n) is 11.3. The monoisotopic (exact) mass is 752 g/mol. The molecule has 0 aliphatic carbocycles. The van der Waals surface area contributed by atoms with Gasteiger partial charge >= 0.3 is 35.1 Å². The lowest BCUT2D eigenvalue weighted by Gasteiger charge is -2.20. The van der Waals surface area contributed by atoms with E-state index < -0.39 is 66.2 Å². The molecule has 1 aliphatic heterocycles. The number of benzene rings is 1. The molecule has 49 heavy (non-hydrogen) atoms. The molecule has 5 atom stereocenters. The van der Waals surface area contributed by atoms with Crippen LogP contribution in [0, 0.1) is 6.92 Å². The molecule has 1 aromatic heterocycles. The second-order valence-corrected chi connectivity index (χ2v) is 15.9. The smallest absolute Gasteiger partial charge is 0.427 e. The topological polar surface area (TPSA) is 239 Å². The van der Waals surface area contributed by atoms with Crippen molar-refractivity contribution in [2.24, 2.45) is 0 Å². The van der Waals surface area contributed by atoms with Gasteiger partial charge in [0.05, 0.1) is 13.2 Å². The predicted octanol–water partition coefficient (Wildman–Crippen LogP) is 5.69. The summed E-state index contributed by atoms with van der Waals surface area (Å²) in [5.74, 6) is -0.146. The maximum Gasteiger partial charge on any atom is 0.490 e. The van der Waals surface area contributed by atoms with E-state index >= 15 is 0 Å². The number of hydrogen-bond acceptors (Lipinski definition) is 12. The van der Waals surface area contributed by atoms with Gasteiger partial charge in [0, 0.05) is 18.2 Å². The van der Waals surface area contributed by atoms with E-state index in [9.17, 15) is 42.8 Å². The standard InChI is InChI=1S/C29H43N2O15P3/c1-3-4-5-6-7-8-9-10-11-12-27(32)44-24-15-13-23(14-16-24)20-41-47(35,36)45-49(39,40)46-48(37,38)42-21-25-17-18-26(43-25)31-19-22(2)28(33)30-29(31)34/h13-19,25-26H,3-12,20-21H2,1-2H3,(H,35,36)(H,37,38)(H,39,40)(H,30,33,34)/t25-,26+/m0/s1.